The number of halogens is 1. The molecule has 0 amide bonds. The van der Waals surface area contributed by atoms with E-state index in [4.69, 9.17) is 22.1 Å². The molecule has 110 valence electrons. The lowest BCUT2D eigenvalue weighted by molar-refractivity contribution is 0.416. The molecule has 1 aliphatic rings. The lowest BCUT2D eigenvalue weighted by atomic mass is 10.2. The first-order valence-corrected chi connectivity index (χ1v) is 7.15. The fraction of sp³-hybridized carbons (Fsp3) is 0.357. The molecule has 1 aromatic heterocycles. The van der Waals surface area contributed by atoms with E-state index in [2.05, 4.69) is 19.9 Å². The molecule has 3 rings (SSSR count). The maximum atomic E-state index is 6.06. The average molecular weight is 306 g/mol. The van der Waals surface area contributed by atoms with Gasteiger partial charge in [-0.15, -0.1) is 0 Å². The monoisotopic (exact) mass is 305 g/mol. The molecular weight excluding hydrogens is 290 g/mol. The third kappa shape index (κ3) is 2.85. The van der Waals surface area contributed by atoms with Gasteiger partial charge in [0.25, 0.3) is 0 Å². The Kier molecular flexibility index (Phi) is 3.79. The molecule has 2 heterocycles. The number of aromatic nitrogens is 3. The van der Waals surface area contributed by atoms with Gasteiger partial charge in [-0.3, -0.25) is 0 Å². The number of nitrogens with two attached hydrogens (primary N) is 1. The summed E-state index contributed by atoms with van der Waals surface area (Å²) in [5, 5.41) is 0.590. The zero-order chi connectivity index (χ0) is 14.8. The largest absolute Gasteiger partial charge is 0.496 e. The molecule has 2 aromatic rings. The number of nitrogens with zero attached hydrogens (tertiary/aromatic N) is 4. The molecule has 1 fully saturated rings. The highest BCUT2D eigenvalue weighted by molar-refractivity contribution is 6.30. The Morgan fingerprint density at radius 1 is 1.19 bits per heavy atom. The topological polar surface area (TPSA) is 77.2 Å². The normalized spacial score (nSPS) is 14.5. The number of ether oxygens (including phenoxy) is 1. The minimum atomic E-state index is 0.198. The van der Waals surface area contributed by atoms with Crippen molar-refractivity contribution in [2.75, 3.05) is 30.8 Å². The van der Waals surface area contributed by atoms with Crippen molar-refractivity contribution in [3.63, 3.8) is 0 Å². The van der Waals surface area contributed by atoms with E-state index in [1.165, 1.54) is 0 Å². The lowest BCUT2D eigenvalue weighted by Crippen LogP contribution is -2.21. The van der Waals surface area contributed by atoms with E-state index in [9.17, 15) is 0 Å². The highest BCUT2D eigenvalue weighted by Crippen LogP contribution is 2.31. The van der Waals surface area contributed by atoms with Crippen molar-refractivity contribution in [1.82, 2.24) is 15.0 Å². The Morgan fingerprint density at radius 2 is 1.95 bits per heavy atom. The molecule has 0 bridgehead atoms. The van der Waals surface area contributed by atoms with Gasteiger partial charge in [-0.2, -0.15) is 15.0 Å². The van der Waals surface area contributed by atoms with E-state index < -0.39 is 0 Å². The number of hydrogen-bond acceptors (Lipinski definition) is 6. The first-order chi connectivity index (χ1) is 10.2. The van der Waals surface area contributed by atoms with E-state index in [-0.39, 0.29) is 5.95 Å². The maximum absolute atomic E-state index is 6.06. The van der Waals surface area contributed by atoms with Gasteiger partial charge in [0.05, 0.1) is 12.7 Å². The molecule has 1 saturated heterocycles. The Balaban J connectivity index is 2.07. The summed E-state index contributed by atoms with van der Waals surface area (Å²) in [6.45, 7) is 1.88. The van der Waals surface area contributed by atoms with Crippen molar-refractivity contribution in [2.45, 2.75) is 12.8 Å². The van der Waals surface area contributed by atoms with Gasteiger partial charge < -0.3 is 15.4 Å². The number of hydrogen-bond donors (Lipinski definition) is 1. The van der Waals surface area contributed by atoms with Gasteiger partial charge in [-0.25, -0.2) is 0 Å². The molecular formula is C14H16ClN5O. The number of rotatable bonds is 3. The van der Waals surface area contributed by atoms with Crippen molar-refractivity contribution in [3.05, 3.63) is 23.2 Å². The number of methoxy groups -OCH3 is 1. The Bertz CT molecular complexity index is 658. The Morgan fingerprint density at radius 3 is 2.67 bits per heavy atom. The summed E-state index contributed by atoms with van der Waals surface area (Å²) in [5.74, 6) is 1.93. The van der Waals surface area contributed by atoms with E-state index >= 15 is 0 Å². The SMILES string of the molecule is COc1ccc(Cl)cc1-c1nc(N)nc(N2CCCC2)n1. The van der Waals surface area contributed by atoms with Gasteiger partial charge in [0.1, 0.15) is 5.75 Å². The molecule has 0 unspecified atom stereocenters. The van der Waals surface area contributed by atoms with Gasteiger partial charge >= 0.3 is 0 Å². The zero-order valence-corrected chi connectivity index (χ0v) is 12.5. The van der Waals surface area contributed by atoms with Crippen LogP contribution in [0.2, 0.25) is 5.02 Å². The average Bonchev–Trinajstić information content (AvgIpc) is 3.01. The number of anilines is 2. The van der Waals surface area contributed by atoms with Crippen LogP contribution in [0.25, 0.3) is 11.4 Å². The van der Waals surface area contributed by atoms with Crippen molar-refractivity contribution < 1.29 is 4.74 Å². The van der Waals surface area contributed by atoms with E-state index in [1.54, 1.807) is 25.3 Å². The number of nitrogen functional groups attached to an aromatic ring is 1. The van der Waals surface area contributed by atoms with Crippen LogP contribution in [0, 0.1) is 0 Å². The minimum Gasteiger partial charge on any atom is -0.496 e. The van der Waals surface area contributed by atoms with Crippen LogP contribution in [0.3, 0.4) is 0 Å². The Hall–Kier alpha value is -2.08. The zero-order valence-electron chi connectivity index (χ0n) is 11.7. The van der Waals surface area contributed by atoms with E-state index in [1.807, 2.05) is 0 Å². The second-order valence-electron chi connectivity index (χ2n) is 4.86. The Labute approximate surface area is 127 Å². The number of benzene rings is 1. The second-order valence-corrected chi connectivity index (χ2v) is 5.29. The summed E-state index contributed by atoms with van der Waals surface area (Å²) >= 11 is 6.06. The van der Waals surface area contributed by atoms with Crippen LogP contribution in [0.4, 0.5) is 11.9 Å². The summed E-state index contributed by atoms with van der Waals surface area (Å²) in [6, 6.07) is 5.31. The summed E-state index contributed by atoms with van der Waals surface area (Å²) in [4.78, 5) is 15.1. The van der Waals surface area contributed by atoms with Crippen LogP contribution < -0.4 is 15.4 Å². The standard InChI is InChI=1S/C14H16ClN5O/c1-21-11-5-4-9(15)8-10(11)12-17-13(16)19-14(18-12)20-6-2-3-7-20/h4-5,8H,2-3,6-7H2,1H3,(H2,16,17,18,19). The molecule has 1 aliphatic heterocycles. The first-order valence-electron chi connectivity index (χ1n) is 6.78. The van der Waals surface area contributed by atoms with Crippen molar-refractivity contribution in [3.8, 4) is 17.1 Å². The highest BCUT2D eigenvalue weighted by atomic mass is 35.5. The third-order valence-electron chi connectivity index (χ3n) is 3.43. The van der Waals surface area contributed by atoms with Crippen LogP contribution >= 0.6 is 11.6 Å². The molecule has 0 radical (unpaired) electrons. The van der Waals surface area contributed by atoms with Crippen LogP contribution in [0.15, 0.2) is 18.2 Å². The van der Waals surface area contributed by atoms with Crippen LogP contribution in [-0.4, -0.2) is 35.2 Å². The van der Waals surface area contributed by atoms with Crippen molar-refractivity contribution >= 4 is 23.5 Å². The molecule has 0 atom stereocenters. The third-order valence-corrected chi connectivity index (χ3v) is 3.67. The van der Waals surface area contributed by atoms with Gasteiger partial charge in [0, 0.05) is 18.1 Å². The highest BCUT2D eigenvalue weighted by Gasteiger charge is 2.18. The van der Waals surface area contributed by atoms with E-state index in [0.717, 1.165) is 25.9 Å². The van der Waals surface area contributed by atoms with Gasteiger partial charge in [-0.1, -0.05) is 11.6 Å². The maximum Gasteiger partial charge on any atom is 0.230 e. The fourth-order valence-corrected chi connectivity index (χ4v) is 2.59. The first kappa shape index (κ1) is 13.9. The second kappa shape index (κ2) is 5.73. The van der Waals surface area contributed by atoms with Crippen LogP contribution in [0.5, 0.6) is 5.75 Å². The summed E-state index contributed by atoms with van der Waals surface area (Å²) < 4.78 is 5.35. The van der Waals surface area contributed by atoms with Gasteiger partial charge in [0.15, 0.2) is 5.82 Å². The fourth-order valence-electron chi connectivity index (χ4n) is 2.41. The predicted octanol–water partition coefficient (Wildman–Crippen LogP) is 2.38. The van der Waals surface area contributed by atoms with Gasteiger partial charge in [0.2, 0.25) is 11.9 Å². The molecule has 7 heteroatoms. The minimum absolute atomic E-state index is 0.198. The predicted molar refractivity (Wildman–Crippen MR) is 82.7 cm³/mol. The summed E-state index contributed by atoms with van der Waals surface area (Å²) in [5.41, 5.74) is 6.54. The van der Waals surface area contributed by atoms with Crippen LogP contribution in [0.1, 0.15) is 12.8 Å². The van der Waals surface area contributed by atoms with Crippen LogP contribution in [-0.2, 0) is 0 Å². The lowest BCUT2D eigenvalue weighted by Gasteiger charge is -2.16. The van der Waals surface area contributed by atoms with E-state index in [0.29, 0.717) is 28.1 Å². The molecule has 2 N–H and O–H groups in total. The van der Waals surface area contributed by atoms with Gasteiger partial charge in [-0.05, 0) is 31.0 Å². The van der Waals surface area contributed by atoms with Crippen molar-refractivity contribution in [2.24, 2.45) is 0 Å². The molecule has 6 nitrogen and oxygen atoms in total. The van der Waals surface area contributed by atoms with Crippen molar-refractivity contribution in [1.29, 1.82) is 0 Å². The molecule has 0 spiro atoms. The summed E-state index contributed by atoms with van der Waals surface area (Å²) in [6.07, 6.45) is 2.28. The smallest absolute Gasteiger partial charge is 0.230 e. The molecule has 1 aromatic carbocycles. The molecule has 21 heavy (non-hydrogen) atoms. The quantitative estimate of drug-likeness (QED) is 0.938. The molecule has 0 saturated carbocycles. The molecule has 0 aliphatic carbocycles. The summed E-state index contributed by atoms with van der Waals surface area (Å²) in [7, 11) is 1.60.